The van der Waals surface area contributed by atoms with Crippen molar-refractivity contribution in [1.82, 2.24) is 0 Å². The van der Waals surface area contributed by atoms with Gasteiger partial charge in [-0.05, 0) is 19.4 Å². The number of thioether (sulfide) groups is 2. The summed E-state index contributed by atoms with van der Waals surface area (Å²) in [5.74, 6) is -1.99. The van der Waals surface area contributed by atoms with Crippen LogP contribution in [-0.2, 0) is 14.3 Å². The van der Waals surface area contributed by atoms with Crippen molar-refractivity contribution < 1.29 is 27.4 Å². The third kappa shape index (κ3) is 3.94. The summed E-state index contributed by atoms with van der Waals surface area (Å²) in [5, 5.41) is 0. The number of hydrogen-bond donors (Lipinski definition) is 0. The summed E-state index contributed by atoms with van der Waals surface area (Å²) < 4.78 is 50.0. The molecular weight excluding hydrogens is 343 g/mol. The number of ether oxygens (including phenoxy) is 2. The number of esters is 1. The Bertz CT molecular complexity index is 528. The van der Waals surface area contributed by atoms with Crippen LogP contribution in [0.15, 0.2) is 15.0 Å². The number of carbonyl (C=O) groups excluding carboxylic acids is 1. The van der Waals surface area contributed by atoms with Gasteiger partial charge in [-0.15, -0.1) is 23.5 Å². The minimum absolute atomic E-state index is 0.235. The summed E-state index contributed by atoms with van der Waals surface area (Å²) in [4.78, 5) is 22.2. The molecule has 1 rings (SSSR count). The van der Waals surface area contributed by atoms with Crippen LogP contribution in [0.5, 0.6) is 0 Å². The van der Waals surface area contributed by atoms with Gasteiger partial charge in [0.05, 0.1) is 6.61 Å². The summed E-state index contributed by atoms with van der Waals surface area (Å²) in [6, 6.07) is -0.587. The maximum Gasteiger partial charge on any atom is 0.446 e. The topological polar surface area (TPSA) is 72.6 Å². The van der Waals surface area contributed by atoms with Crippen LogP contribution in [-0.4, -0.2) is 53.2 Å². The second-order valence-electron chi connectivity index (χ2n) is 3.80. The molecule has 0 fully saturated rings. The lowest BCUT2D eigenvalue weighted by Gasteiger charge is -2.28. The smallest absolute Gasteiger partial charge is 0.446 e. The van der Waals surface area contributed by atoms with E-state index in [4.69, 9.17) is 4.74 Å². The maximum atomic E-state index is 13.4. The first-order valence-corrected chi connectivity index (χ1v) is 8.40. The number of carbonyl (C=O) groups is 1. The van der Waals surface area contributed by atoms with Crippen LogP contribution in [0.2, 0.25) is 0 Å². The van der Waals surface area contributed by atoms with E-state index in [1.165, 1.54) is 37.4 Å². The van der Waals surface area contributed by atoms with Crippen LogP contribution in [0.1, 0.15) is 13.8 Å². The summed E-state index contributed by atoms with van der Waals surface area (Å²) in [7, 11) is 0. The van der Waals surface area contributed by atoms with Gasteiger partial charge in [-0.3, -0.25) is 0 Å². The van der Waals surface area contributed by atoms with Crippen LogP contribution in [0.3, 0.4) is 0 Å². The van der Waals surface area contributed by atoms with E-state index in [9.17, 15) is 18.0 Å². The van der Waals surface area contributed by atoms with Gasteiger partial charge in [0.25, 0.3) is 0 Å². The first kappa shape index (κ1) is 18.8. The Balaban J connectivity index is 3.41. The first-order valence-electron chi connectivity index (χ1n) is 5.95. The fourth-order valence-corrected chi connectivity index (χ4v) is 2.44. The highest BCUT2D eigenvalue weighted by Crippen LogP contribution is 2.38. The Morgan fingerprint density at radius 1 is 1.36 bits per heavy atom. The van der Waals surface area contributed by atoms with Crippen molar-refractivity contribution in [3.05, 3.63) is 0 Å². The van der Waals surface area contributed by atoms with Crippen molar-refractivity contribution in [2.45, 2.75) is 25.7 Å². The van der Waals surface area contributed by atoms with E-state index < -0.39 is 23.8 Å². The van der Waals surface area contributed by atoms with Crippen molar-refractivity contribution in [2.75, 3.05) is 19.1 Å². The third-order valence-electron chi connectivity index (χ3n) is 2.31. The van der Waals surface area contributed by atoms with Gasteiger partial charge in [-0.1, -0.05) is 0 Å². The molecule has 0 radical (unpaired) electrons. The van der Waals surface area contributed by atoms with Crippen molar-refractivity contribution >= 4 is 45.8 Å². The standard InChI is InChI=1S/C11H14F3N3O3S2/c1-5-19-7(18)10(11(12,13)14)16-6(2)20-8(17-10)15-9(21-3)22-4/h5H2,1-4H3. The molecule has 0 N–H and O–H groups in total. The second kappa shape index (κ2) is 7.36. The molecule has 0 bridgehead atoms. The van der Waals surface area contributed by atoms with E-state index in [0.29, 0.717) is 4.38 Å². The summed E-state index contributed by atoms with van der Waals surface area (Å²) >= 11 is 2.41. The first-order chi connectivity index (χ1) is 10.2. The van der Waals surface area contributed by atoms with E-state index >= 15 is 0 Å². The molecule has 1 atom stereocenters. The van der Waals surface area contributed by atoms with E-state index in [1.54, 1.807) is 12.5 Å². The summed E-state index contributed by atoms with van der Waals surface area (Å²) in [6.45, 7) is 2.34. The molecule has 11 heteroatoms. The average molecular weight is 357 g/mol. The van der Waals surface area contributed by atoms with Gasteiger partial charge < -0.3 is 9.47 Å². The van der Waals surface area contributed by atoms with Crippen LogP contribution in [0.4, 0.5) is 13.2 Å². The van der Waals surface area contributed by atoms with Gasteiger partial charge in [0.1, 0.15) is 4.38 Å². The molecule has 124 valence electrons. The highest BCUT2D eigenvalue weighted by atomic mass is 32.2. The molecule has 6 nitrogen and oxygen atoms in total. The highest BCUT2D eigenvalue weighted by Gasteiger charge is 2.65. The number of amidine groups is 1. The van der Waals surface area contributed by atoms with E-state index in [2.05, 4.69) is 19.7 Å². The highest BCUT2D eigenvalue weighted by molar-refractivity contribution is 8.38. The normalized spacial score (nSPS) is 21.4. The van der Waals surface area contributed by atoms with Gasteiger partial charge in [-0.2, -0.15) is 23.2 Å². The lowest BCUT2D eigenvalue weighted by Crippen LogP contribution is -2.53. The molecular formula is C11H14F3N3O3S2. The molecule has 1 heterocycles. The predicted molar refractivity (Wildman–Crippen MR) is 81.5 cm³/mol. The van der Waals surface area contributed by atoms with Crippen LogP contribution in [0.25, 0.3) is 0 Å². The van der Waals surface area contributed by atoms with Crippen molar-refractivity contribution in [3.8, 4) is 0 Å². The molecule has 1 unspecified atom stereocenters. The van der Waals surface area contributed by atoms with E-state index in [0.717, 1.165) is 0 Å². The van der Waals surface area contributed by atoms with Crippen molar-refractivity contribution in [1.29, 1.82) is 0 Å². The zero-order valence-electron chi connectivity index (χ0n) is 12.2. The molecule has 1 aliphatic heterocycles. The molecule has 0 saturated carbocycles. The predicted octanol–water partition coefficient (Wildman–Crippen LogP) is 2.69. The third-order valence-corrected chi connectivity index (χ3v) is 4.19. The molecule has 0 aromatic heterocycles. The average Bonchev–Trinajstić information content (AvgIpc) is 2.43. The van der Waals surface area contributed by atoms with Crippen LogP contribution < -0.4 is 0 Å². The molecule has 1 aliphatic rings. The monoisotopic (exact) mass is 357 g/mol. The molecule has 22 heavy (non-hydrogen) atoms. The number of hydrogen-bond acceptors (Lipinski definition) is 8. The lowest BCUT2D eigenvalue weighted by molar-refractivity contribution is -0.204. The number of halogens is 3. The fraction of sp³-hybridized carbons (Fsp3) is 0.636. The van der Waals surface area contributed by atoms with E-state index in [1.807, 2.05) is 0 Å². The number of nitrogens with zero attached hydrogens (tertiary/aromatic N) is 3. The van der Waals surface area contributed by atoms with Crippen molar-refractivity contribution in [2.24, 2.45) is 15.0 Å². The Morgan fingerprint density at radius 2 is 1.95 bits per heavy atom. The molecule has 0 spiro atoms. The zero-order chi connectivity index (χ0) is 17.0. The minimum atomic E-state index is -5.08. The van der Waals surface area contributed by atoms with E-state index in [-0.39, 0.29) is 12.5 Å². The Kier molecular flexibility index (Phi) is 6.29. The Labute approximate surface area is 133 Å². The molecule has 0 amide bonds. The van der Waals surface area contributed by atoms with Crippen LogP contribution >= 0.6 is 23.5 Å². The second-order valence-corrected chi connectivity index (χ2v) is 5.65. The van der Waals surface area contributed by atoms with Gasteiger partial charge in [0, 0.05) is 6.92 Å². The molecule has 0 aromatic rings. The number of alkyl halides is 3. The van der Waals surface area contributed by atoms with Gasteiger partial charge in [-0.25, -0.2) is 9.79 Å². The molecule has 0 aromatic carbocycles. The quantitative estimate of drug-likeness (QED) is 0.432. The lowest BCUT2D eigenvalue weighted by atomic mass is 10.1. The number of rotatable bonds is 2. The maximum absolute atomic E-state index is 13.4. The fourth-order valence-electron chi connectivity index (χ4n) is 1.44. The zero-order valence-corrected chi connectivity index (χ0v) is 13.9. The van der Waals surface area contributed by atoms with Crippen molar-refractivity contribution in [3.63, 3.8) is 0 Å². The summed E-state index contributed by atoms with van der Waals surface area (Å²) in [6.07, 6.45) is -1.69. The SMILES string of the molecule is CCOC(=O)C1(C(F)(F)F)N=C(C)OC(N=C(SC)SC)=N1. The largest absolute Gasteiger partial charge is 0.462 e. The minimum Gasteiger partial charge on any atom is -0.462 e. The summed E-state index contributed by atoms with van der Waals surface area (Å²) in [5.41, 5.74) is -3.38. The Morgan fingerprint density at radius 3 is 2.41 bits per heavy atom. The van der Waals surface area contributed by atoms with Gasteiger partial charge in [0.15, 0.2) is 5.90 Å². The molecule has 0 saturated heterocycles. The number of aliphatic imine (C=N–C) groups is 3. The Hall–Kier alpha value is -1.23. The van der Waals surface area contributed by atoms with Crippen LogP contribution in [0, 0.1) is 0 Å². The molecule has 0 aliphatic carbocycles. The van der Waals surface area contributed by atoms with Gasteiger partial charge >= 0.3 is 23.8 Å². The van der Waals surface area contributed by atoms with Gasteiger partial charge in [0.2, 0.25) is 0 Å².